The van der Waals surface area contributed by atoms with Gasteiger partial charge in [0.05, 0.1) is 23.3 Å². The summed E-state index contributed by atoms with van der Waals surface area (Å²) < 4.78 is 5.21. The maximum atomic E-state index is 11.6. The van der Waals surface area contributed by atoms with Gasteiger partial charge in [-0.05, 0) is 24.3 Å². The Kier molecular flexibility index (Phi) is 5.82. The molecule has 0 unspecified atom stereocenters. The molecule has 1 aliphatic heterocycles. The molecule has 0 spiro atoms. The molecule has 1 aromatic carbocycles. The lowest BCUT2D eigenvalue weighted by Crippen LogP contribution is -2.48. The highest BCUT2D eigenvalue weighted by Gasteiger charge is 2.22. The van der Waals surface area contributed by atoms with Crippen molar-refractivity contribution >= 4 is 29.5 Å². The van der Waals surface area contributed by atoms with E-state index in [2.05, 4.69) is 10.9 Å². The molecule has 1 saturated heterocycles. The number of ether oxygens (including phenoxy) is 1. The molecule has 0 saturated carbocycles. The number of carbonyl (C=O) groups is 3. The monoisotopic (exact) mass is 334 g/mol. The Balaban J connectivity index is 1.67. The highest BCUT2D eigenvalue weighted by atomic mass is 32.2. The van der Waals surface area contributed by atoms with Gasteiger partial charge in [-0.1, -0.05) is 0 Å². The third-order valence-electron chi connectivity index (χ3n) is 2.85. The van der Waals surface area contributed by atoms with Crippen molar-refractivity contribution in [1.82, 2.24) is 15.8 Å². The van der Waals surface area contributed by atoms with Crippen LogP contribution in [0.25, 0.3) is 0 Å². The molecule has 0 atom stereocenters. The number of amides is 3. The van der Waals surface area contributed by atoms with Crippen molar-refractivity contribution < 1.29 is 19.1 Å². The zero-order chi connectivity index (χ0) is 16.7. The topological polar surface area (TPSA) is 112 Å². The fourth-order valence-corrected chi connectivity index (χ4v) is 2.61. The highest BCUT2D eigenvalue weighted by molar-refractivity contribution is 8.00. The van der Waals surface area contributed by atoms with Gasteiger partial charge in [-0.3, -0.25) is 25.2 Å². The minimum Gasteiger partial charge on any atom is -0.484 e. The summed E-state index contributed by atoms with van der Waals surface area (Å²) in [7, 11) is 0. The SMILES string of the molecule is N#Cc1ccc(OCC(=O)NNC(=O)CN2CSCC2=O)cc1. The van der Waals surface area contributed by atoms with Crippen LogP contribution in [0, 0.1) is 11.3 Å². The van der Waals surface area contributed by atoms with E-state index in [0.29, 0.717) is 22.9 Å². The summed E-state index contributed by atoms with van der Waals surface area (Å²) in [5.74, 6) is 0.170. The van der Waals surface area contributed by atoms with Crippen LogP contribution >= 0.6 is 11.8 Å². The molecule has 3 amide bonds. The first-order valence-electron chi connectivity index (χ1n) is 6.64. The summed E-state index contributed by atoms with van der Waals surface area (Å²) in [6.07, 6.45) is 0. The van der Waals surface area contributed by atoms with E-state index in [4.69, 9.17) is 10.00 Å². The van der Waals surface area contributed by atoms with Crippen LogP contribution in [0.5, 0.6) is 5.75 Å². The number of hydrazine groups is 1. The molecule has 9 heteroatoms. The van der Waals surface area contributed by atoms with Gasteiger partial charge in [0, 0.05) is 0 Å². The van der Waals surface area contributed by atoms with E-state index in [1.165, 1.54) is 16.7 Å². The van der Waals surface area contributed by atoms with Crippen LogP contribution in [0.3, 0.4) is 0 Å². The summed E-state index contributed by atoms with van der Waals surface area (Å²) in [6.45, 7) is -0.382. The van der Waals surface area contributed by atoms with E-state index >= 15 is 0 Å². The molecule has 1 aliphatic rings. The second kappa shape index (κ2) is 8.05. The average molecular weight is 334 g/mol. The largest absolute Gasteiger partial charge is 0.484 e. The van der Waals surface area contributed by atoms with Crippen molar-refractivity contribution in [3.05, 3.63) is 29.8 Å². The van der Waals surface area contributed by atoms with Crippen LogP contribution in [-0.2, 0) is 14.4 Å². The average Bonchev–Trinajstić information content (AvgIpc) is 2.96. The van der Waals surface area contributed by atoms with Crippen molar-refractivity contribution in [2.75, 3.05) is 24.8 Å². The Bertz CT molecular complexity index is 641. The van der Waals surface area contributed by atoms with E-state index in [9.17, 15) is 14.4 Å². The molecule has 0 aliphatic carbocycles. The molecular formula is C14H14N4O4S. The number of thioether (sulfide) groups is 1. The predicted octanol–water partition coefficient (Wildman–Crippen LogP) is -0.383. The molecule has 0 aromatic heterocycles. The quantitative estimate of drug-likeness (QED) is 0.710. The zero-order valence-corrected chi connectivity index (χ0v) is 12.9. The van der Waals surface area contributed by atoms with E-state index in [1.54, 1.807) is 24.3 Å². The lowest BCUT2D eigenvalue weighted by atomic mass is 10.2. The van der Waals surface area contributed by atoms with E-state index in [-0.39, 0.29) is 19.1 Å². The number of nitrogens with zero attached hydrogens (tertiary/aromatic N) is 2. The summed E-state index contributed by atoms with van der Waals surface area (Å²) in [5.41, 5.74) is 4.91. The number of rotatable bonds is 5. The first-order valence-corrected chi connectivity index (χ1v) is 7.80. The predicted molar refractivity (Wildman–Crippen MR) is 82.0 cm³/mol. The van der Waals surface area contributed by atoms with Gasteiger partial charge in [-0.25, -0.2) is 0 Å². The van der Waals surface area contributed by atoms with Gasteiger partial charge in [-0.15, -0.1) is 11.8 Å². The standard InChI is InChI=1S/C14H14N4O4S/c15-5-10-1-3-11(4-2-10)22-7-13(20)17-16-12(19)6-18-9-23-8-14(18)21/h1-4H,6-9H2,(H,16,19)(H,17,20). The molecule has 1 heterocycles. The number of nitrogens with one attached hydrogen (secondary N) is 2. The lowest BCUT2D eigenvalue weighted by molar-refractivity contribution is -0.134. The molecular weight excluding hydrogens is 320 g/mol. The van der Waals surface area contributed by atoms with Crippen molar-refractivity contribution in [1.29, 1.82) is 5.26 Å². The second-order valence-corrected chi connectivity index (χ2v) is 5.55. The maximum absolute atomic E-state index is 11.6. The van der Waals surface area contributed by atoms with Crippen LogP contribution in [0.4, 0.5) is 0 Å². The Labute approximate surface area is 136 Å². The summed E-state index contributed by atoms with van der Waals surface area (Å²) in [6, 6.07) is 8.25. The van der Waals surface area contributed by atoms with Crippen LogP contribution < -0.4 is 15.6 Å². The van der Waals surface area contributed by atoms with Crippen LogP contribution in [0.2, 0.25) is 0 Å². The molecule has 2 N–H and O–H groups in total. The van der Waals surface area contributed by atoms with Gasteiger partial charge in [0.15, 0.2) is 6.61 Å². The van der Waals surface area contributed by atoms with Gasteiger partial charge in [0.2, 0.25) is 5.91 Å². The number of carbonyl (C=O) groups excluding carboxylic acids is 3. The minimum atomic E-state index is -0.537. The first kappa shape index (κ1) is 16.6. The summed E-state index contributed by atoms with van der Waals surface area (Å²) in [4.78, 5) is 35.9. The van der Waals surface area contributed by atoms with Gasteiger partial charge < -0.3 is 9.64 Å². The molecule has 120 valence electrons. The number of hydrogen-bond donors (Lipinski definition) is 2. The van der Waals surface area contributed by atoms with E-state index in [0.717, 1.165) is 0 Å². The van der Waals surface area contributed by atoms with Crippen LogP contribution in [-0.4, -0.2) is 47.4 Å². The molecule has 0 radical (unpaired) electrons. The van der Waals surface area contributed by atoms with Gasteiger partial charge in [0.25, 0.3) is 11.8 Å². The fourth-order valence-electron chi connectivity index (χ4n) is 1.70. The Morgan fingerprint density at radius 1 is 1.26 bits per heavy atom. The molecule has 0 bridgehead atoms. The van der Waals surface area contributed by atoms with Gasteiger partial charge in [0.1, 0.15) is 12.3 Å². The lowest BCUT2D eigenvalue weighted by Gasteiger charge is -2.14. The van der Waals surface area contributed by atoms with Crippen molar-refractivity contribution in [2.24, 2.45) is 0 Å². The first-order chi connectivity index (χ1) is 11.1. The van der Waals surface area contributed by atoms with Crippen molar-refractivity contribution in [3.63, 3.8) is 0 Å². The summed E-state index contributed by atoms with van der Waals surface area (Å²) >= 11 is 1.43. The highest BCUT2D eigenvalue weighted by Crippen LogP contribution is 2.13. The third-order valence-corrected chi connectivity index (χ3v) is 3.80. The number of hydrogen-bond acceptors (Lipinski definition) is 6. The molecule has 1 aromatic rings. The molecule has 2 rings (SSSR count). The normalized spacial score (nSPS) is 13.3. The maximum Gasteiger partial charge on any atom is 0.276 e. The smallest absolute Gasteiger partial charge is 0.276 e. The fraction of sp³-hybridized carbons (Fsp3) is 0.286. The Hall–Kier alpha value is -2.73. The number of benzene rings is 1. The minimum absolute atomic E-state index is 0.0947. The van der Waals surface area contributed by atoms with Gasteiger partial charge >= 0.3 is 0 Å². The third kappa shape index (κ3) is 5.19. The van der Waals surface area contributed by atoms with E-state index < -0.39 is 11.8 Å². The van der Waals surface area contributed by atoms with Crippen LogP contribution in [0.1, 0.15) is 5.56 Å². The van der Waals surface area contributed by atoms with Crippen molar-refractivity contribution in [2.45, 2.75) is 0 Å². The molecule has 23 heavy (non-hydrogen) atoms. The molecule has 8 nitrogen and oxygen atoms in total. The van der Waals surface area contributed by atoms with Crippen LogP contribution in [0.15, 0.2) is 24.3 Å². The van der Waals surface area contributed by atoms with Crippen molar-refractivity contribution in [3.8, 4) is 11.8 Å². The summed E-state index contributed by atoms with van der Waals surface area (Å²) in [5, 5.41) is 8.67. The molecule has 1 fully saturated rings. The number of nitriles is 1. The van der Waals surface area contributed by atoms with E-state index in [1.807, 2.05) is 6.07 Å². The zero-order valence-electron chi connectivity index (χ0n) is 12.1. The van der Waals surface area contributed by atoms with Gasteiger partial charge in [-0.2, -0.15) is 5.26 Å². The Morgan fingerprint density at radius 2 is 1.96 bits per heavy atom. The second-order valence-electron chi connectivity index (χ2n) is 4.59. The Morgan fingerprint density at radius 3 is 2.57 bits per heavy atom.